The van der Waals surface area contributed by atoms with Gasteiger partial charge >= 0.3 is 0 Å². The summed E-state index contributed by atoms with van der Waals surface area (Å²) in [4.78, 5) is 19.4. The van der Waals surface area contributed by atoms with Gasteiger partial charge in [-0.3, -0.25) is 9.89 Å². The van der Waals surface area contributed by atoms with Crippen molar-refractivity contribution in [1.29, 1.82) is 0 Å². The molecule has 8 nitrogen and oxygen atoms in total. The van der Waals surface area contributed by atoms with E-state index in [0.29, 0.717) is 36.8 Å². The third-order valence-electron chi connectivity index (χ3n) is 3.61. The van der Waals surface area contributed by atoms with Crippen molar-refractivity contribution in [3.05, 3.63) is 22.2 Å². The van der Waals surface area contributed by atoms with Gasteiger partial charge in [0.1, 0.15) is 16.8 Å². The van der Waals surface area contributed by atoms with E-state index < -0.39 is 0 Å². The van der Waals surface area contributed by atoms with Crippen LogP contribution in [0.2, 0.25) is 0 Å². The molecular formula is C13H18N6O2S. The molecule has 2 aromatic rings. The predicted molar refractivity (Wildman–Crippen MR) is 79.6 cm³/mol. The number of aromatic nitrogens is 5. The zero-order valence-electron chi connectivity index (χ0n) is 12.6. The summed E-state index contributed by atoms with van der Waals surface area (Å²) in [6, 6.07) is 0. The number of amides is 1. The maximum Gasteiger partial charge on any atom is 0.267 e. The molecule has 2 aromatic heterocycles. The largest absolute Gasteiger partial charge is 0.366 e. The van der Waals surface area contributed by atoms with E-state index in [1.807, 2.05) is 13.8 Å². The van der Waals surface area contributed by atoms with Crippen LogP contribution >= 0.6 is 11.5 Å². The second-order valence-corrected chi connectivity index (χ2v) is 5.76. The Morgan fingerprint density at radius 3 is 3.05 bits per heavy atom. The van der Waals surface area contributed by atoms with Gasteiger partial charge in [-0.15, -0.1) is 5.10 Å². The summed E-state index contributed by atoms with van der Waals surface area (Å²) in [5.41, 5.74) is 0.754. The maximum absolute atomic E-state index is 12.6. The lowest BCUT2D eigenvalue weighted by molar-refractivity contribution is -0.0265. The number of morpholine rings is 1. The highest BCUT2D eigenvalue weighted by Gasteiger charge is 2.30. The second kappa shape index (κ2) is 6.49. The molecule has 0 spiro atoms. The van der Waals surface area contributed by atoms with Gasteiger partial charge < -0.3 is 9.64 Å². The predicted octanol–water partition coefficient (Wildman–Crippen LogP) is 0.995. The minimum Gasteiger partial charge on any atom is -0.366 e. The summed E-state index contributed by atoms with van der Waals surface area (Å²) < 4.78 is 9.59. The first-order valence-electron chi connectivity index (χ1n) is 7.36. The van der Waals surface area contributed by atoms with Crippen molar-refractivity contribution in [2.45, 2.75) is 32.8 Å². The van der Waals surface area contributed by atoms with E-state index in [1.165, 1.54) is 0 Å². The van der Waals surface area contributed by atoms with Gasteiger partial charge in [-0.2, -0.15) is 5.10 Å². The van der Waals surface area contributed by atoms with Gasteiger partial charge in [-0.25, -0.2) is 4.98 Å². The number of rotatable bonds is 4. The molecule has 118 valence electrons. The number of carbonyl (C=O) groups is 1. The van der Waals surface area contributed by atoms with E-state index in [9.17, 15) is 4.79 Å². The number of ether oxygens (including phenoxy) is 1. The van der Waals surface area contributed by atoms with Crippen molar-refractivity contribution >= 4 is 17.4 Å². The van der Waals surface area contributed by atoms with Crippen molar-refractivity contribution in [3.8, 4) is 0 Å². The minimum atomic E-state index is -0.291. The van der Waals surface area contributed by atoms with Gasteiger partial charge in [0.25, 0.3) is 5.91 Å². The van der Waals surface area contributed by atoms with Gasteiger partial charge in [0.2, 0.25) is 0 Å². The minimum absolute atomic E-state index is 0.0357. The van der Waals surface area contributed by atoms with Crippen molar-refractivity contribution in [3.63, 3.8) is 0 Å². The number of nitrogens with zero attached hydrogens (tertiary/aromatic N) is 5. The third kappa shape index (κ3) is 2.86. The Kier molecular flexibility index (Phi) is 4.44. The molecule has 1 fully saturated rings. The third-order valence-corrected chi connectivity index (χ3v) is 4.37. The summed E-state index contributed by atoms with van der Waals surface area (Å²) in [7, 11) is 0. The van der Waals surface area contributed by atoms with Crippen molar-refractivity contribution < 1.29 is 9.53 Å². The number of hydrogen-bond donors (Lipinski definition) is 1. The molecule has 9 heteroatoms. The molecule has 1 aliphatic rings. The summed E-state index contributed by atoms with van der Waals surface area (Å²) in [5, 5.41) is 11.1. The highest BCUT2D eigenvalue weighted by Crippen LogP contribution is 2.22. The Morgan fingerprint density at radius 2 is 2.32 bits per heavy atom. The van der Waals surface area contributed by atoms with Gasteiger partial charge in [0.05, 0.1) is 18.8 Å². The van der Waals surface area contributed by atoms with E-state index >= 15 is 0 Å². The number of hydrogen-bond acceptors (Lipinski definition) is 7. The lowest BCUT2D eigenvalue weighted by Crippen LogP contribution is -2.42. The van der Waals surface area contributed by atoms with Crippen LogP contribution in [0.4, 0.5) is 0 Å². The second-order valence-electron chi connectivity index (χ2n) is 5.01. The first-order chi connectivity index (χ1) is 10.7. The van der Waals surface area contributed by atoms with Gasteiger partial charge in [-0.1, -0.05) is 18.3 Å². The molecule has 0 aliphatic carbocycles. The van der Waals surface area contributed by atoms with Crippen molar-refractivity contribution in [2.75, 3.05) is 19.7 Å². The molecule has 1 saturated heterocycles. The number of aryl methyl sites for hydroxylation is 2. The Hall–Kier alpha value is -1.87. The van der Waals surface area contributed by atoms with E-state index in [4.69, 9.17) is 4.74 Å². The molecule has 22 heavy (non-hydrogen) atoms. The zero-order chi connectivity index (χ0) is 15.5. The topological polar surface area (TPSA) is 96.9 Å². The summed E-state index contributed by atoms with van der Waals surface area (Å²) in [5.74, 6) is 1.39. The van der Waals surface area contributed by atoms with Gasteiger partial charge in [0, 0.05) is 13.0 Å². The Bertz CT molecular complexity index is 655. The maximum atomic E-state index is 12.6. The molecule has 3 rings (SSSR count). The van der Waals surface area contributed by atoms with E-state index in [-0.39, 0.29) is 12.0 Å². The first kappa shape index (κ1) is 15.0. The zero-order valence-corrected chi connectivity index (χ0v) is 13.4. The molecular weight excluding hydrogens is 304 g/mol. The molecule has 0 radical (unpaired) electrons. The molecule has 3 heterocycles. The van der Waals surface area contributed by atoms with E-state index in [0.717, 1.165) is 29.5 Å². The van der Waals surface area contributed by atoms with Crippen LogP contribution in [0.5, 0.6) is 0 Å². The molecule has 0 aromatic carbocycles. The smallest absolute Gasteiger partial charge is 0.267 e. The van der Waals surface area contributed by atoms with Gasteiger partial charge in [-0.05, 0) is 18.0 Å². The van der Waals surface area contributed by atoms with Gasteiger partial charge in [0.15, 0.2) is 5.82 Å². The summed E-state index contributed by atoms with van der Waals surface area (Å²) in [6.07, 6.45) is 1.20. The van der Waals surface area contributed by atoms with Crippen LogP contribution in [0.3, 0.4) is 0 Å². The molecule has 0 saturated carbocycles. The highest BCUT2D eigenvalue weighted by atomic mass is 32.1. The SMILES string of the molecule is CCc1nc([C@H]2CN(C(=O)c3snnc3CC)CCO2)n[nH]1. The molecule has 0 unspecified atom stereocenters. The number of nitrogens with one attached hydrogen (secondary N) is 1. The molecule has 0 bridgehead atoms. The first-order valence-corrected chi connectivity index (χ1v) is 8.13. The quantitative estimate of drug-likeness (QED) is 0.902. The number of H-pyrrole nitrogens is 1. The van der Waals surface area contributed by atoms with E-state index in [2.05, 4.69) is 24.8 Å². The number of aromatic amines is 1. The monoisotopic (exact) mass is 322 g/mol. The number of carbonyl (C=O) groups excluding carboxylic acids is 1. The molecule has 1 atom stereocenters. The average Bonchev–Trinajstić information content (AvgIpc) is 3.23. The standard InChI is InChI=1S/C13H18N6O2S/c1-3-8-11(22-18-15-8)13(20)19-5-6-21-9(7-19)12-14-10(4-2)16-17-12/h9H,3-7H2,1-2H3,(H,14,16,17)/t9-/m1/s1. The normalized spacial score (nSPS) is 18.6. The van der Waals surface area contributed by atoms with Crippen LogP contribution in [0.1, 0.15) is 47.0 Å². The lowest BCUT2D eigenvalue weighted by atomic mass is 10.2. The molecule has 1 N–H and O–H groups in total. The van der Waals surface area contributed by atoms with Crippen LogP contribution in [0, 0.1) is 0 Å². The van der Waals surface area contributed by atoms with E-state index in [1.54, 1.807) is 4.90 Å². The van der Waals surface area contributed by atoms with Crippen molar-refractivity contribution in [2.24, 2.45) is 0 Å². The van der Waals surface area contributed by atoms with Crippen LogP contribution in [-0.2, 0) is 17.6 Å². The Labute approximate surface area is 132 Å². The highest BCUT2D eigenvalue weighted by molar-refractivity contribution is 7.08. The van der Waals surface area contributed by atoms with Crippen LogP contribution in [-0.4, -0.2) is 55.3 Å². The fourth-order valence-electron chi connectivity index (χ4n) is 2.35. The fourth-order valence-corrected chi connectivity index (χ4v) is 3.07. The average molecular weight is 322 g/mol. The van der Waals surface area contributed by atoms with Crippen LogP contribution < -0.4 is 0 Å². The molecule has 1 amide bonds. The van der Waals surface area contributed by atoms with Crippen LogP contribution in [0.15, 0.2) is 0 Å². The Morgan fingerprint density at radius 1 is 1.45 bits per heavy atom. The van der Waals surface area contributed by atoms with Crippen molar-refractivity contribution in [1.82, 2.24) is 29.7 Å². The Balaban J connectivity index is 1.74. The van der Waals surface area contributed by atoms with Crippen LogP contribution in [0.25, 0.3) is 0 Å². The lowest BCUT2D eigenvalue weighted by Gasteiger charge is -2.31. The summed E-state index contributed by atoms with van der Waals surface area (Å²) >= 11 is 1.15. The molecule has 1 aliphatic heterocycles. The fraction of sp³-hybridized carbons (Fsp3) is 0.615. The summed E-state index contributed by atoms with van der Waals surface area (Å²) in [6.45, 7) is 5.45.